The average molecular weight is 223 g/mol. The number of anilines is 1. The van der Waals surface area contributed by atoms with Gasteiger partial charge < -0.3 is 10.4 Å². The van der Waals surface area contributed by atoms with E-state index >= 15 is 0 Å². The number of aryl methyl sites for hydroxylation is 1. The molecule has 1 aromatic carbocycles. The molecule has 1 aromatic rings. The molecule has 2 nitrogen and oxygen atoms in total. The zero-order valence-electron chi connectivity index (χ0n) is 10.1. The maximum absolute atomic E-state index is 13.8. The van der Waals surface area contributed by atoms with Crippen LogP contribution in [0.4, 0.5) is 10.1 Å². The molecule has 0 saturated heterocycles. The number of halogens is 1. The van der Waals surface area contributed by atoms with Crippen LogP contribution in [-0.2, 0) is 0 Å². The molecule has 0 aliphatic carbocycles. The molecule has 3 heteroatoms. The summed E-state index contributed by atoms with van der Waals surface area (Å²) in [4.78, 5) is 0. The van der Waals surface area contributed by atoms with Gasteiger partial charge in [-0.2, -0.15) is 0 Å². The Kier molecular flexibility index (Phi) is 2.46. The topological polar surface area (TPSA) is 32.3 Å². The third kappa shape index (κ3) is 1.50. The quantitative estimate of drug-likeness (QED) is 0.709. The summed E-state index contributed by atoms with van der Waals surface area (Å²) in [6.45, 7) is 7.68. The van der Waals surface area contributed by atoms with E-state index in [1.165, 1.54) is 6.07 Å². The molecule has 0 amide bonds. The van der Waals surface area contributed by atoms with E-state index in [9.17, 15) is 9.50 Å². The Morgan fingerprint density at radius 3 is 2.62 bits per heavy atom. The van der Waals surface area contributed by atoms with Crippen molar-refractivity contribution in [3.63, 3.8) is 0 Å². The number of fused-ring (bicyclic) bond motifs is 1. The molecule has 0 radical (unpaired) electrons. The molecular weight excluding hydrogens is 205 g/mol. The van der Waals surface area contributed by atoms with Gasteiger partial charge in [-0.05, 0) is 32.4 Å². The Hall–Kier alpha value is -1.09. The van der Waals surface area contributed by atoms with E-state index in [1.54, 1.807) is 6.07 Å². The minimum atomic E-state index is -0.587. The highest BCUT2D eigenvalue weighted by Crippen LogP contribution is 2.41. The average Bonchev–Trinajstić information content (AvgIpc) is 2.20. The fraction of sp³-hybridized carbons (Fsp3) is 0.538. The maximum Gasteiger partial charge on any atom is 0.128 e. The van der Waals surface area contributed by atoms with E-state index < -0.39 is 11.6 Å². The third-order valence-corrected chi connectivity index (χ3v) is 3.52. The molecule has 0 spiro atoms. The Morgan fingerprint density at radius 2 is 2.00 bits per heavy atom. The summed E-state index contributed by atoms with van der Waals surface area (Å²) in [6, 6.07) is 3.24. The van der Waals surface area contributed by atoms with Crippen LogP contribution in [-0.4, -0.2) is 16.7 Å². The predicted octanol–water partition coefficient (Wildman–Crippen LogP) is 2.80. The van der Waals surface area contributed by atoms with Gasteiger partial charge in [0.2, 0.25) is 0 Å². The van der Waals surface area contributed by atoms with Crippen LogP contribution in [0.3, 0.4) is 0 Å². The van der Waals surface area contributed by atoms with Gasteiger partial charge in [-0.25, -0.2) is 4.39 Å². The molecule has 1 heterocycles. The van der Waals surface area contributed by atoms with Gasteiger partial charge in [-0.3, -0.25) is 0 Å². The van der Waals surface area contributed by atoms with Crippen molar-refractivity contribution < 1.29 is 9.50 Å². The van der Waals surface area contributed by atoms with Gasteiger partial charge in [-0.15, -0.1) is 0 Å². The van der Waals surface area contributed by atoms with Crippen molar-refractivity contribution in [2.75, 3.05) is 5.32 Å². The molecule has 2 unspecified atom stereocenters. The van der Waals surface area contributed by atoms with E-state index in [0.717, 1.165) is 11.3 Å². The Bertz CT molecular complexity index is 428. The highest BCUT2D eigenvalue weighted by Gasteiger charge is 2.40. The van der Waals surface area contributed by atoms with Crippen LogP contribution < -0.4 is 5.32 Å². The molecule has 0 bridgehead atoms. The lowest BCUT2D eigenvalue weighted by molar-refractivity contribution is 0.0854. The van der Waals surface area contributed by atoms with Gasteiger partial charge in [0.15, 0.2) is 0 Å². The van der Waals surface area contributed by atoms with Crippen LogP contribution in [0.25, 0.3) is 0 Å². The minimum Gasteiger partial charge on any atom is -0.390 e. The zero-order valence-corrected chi connectivity index (χ0v) is 10.1. The standard InChI is InChI=1S/C13H18FNO/c1-7-5-6-9(14)10-8(2)12(16)13(3,4)15-11(7)10/h5-6,8,12,15-16H,1-4H3. The third-order valence-electron chi connectivity index (χ3n) is 3.52. The molecule has 2 atom stereocenters. The largest absolute Gasteiger partial charge is 0.390 e. The molecule has 2 N–H and O–H groups in total. The molecule has 0 fully saturated rings. The van der Waals surface area contributed by atoms with Crippen LogP contribution >= 0.6 is 0 Å². The van der Waals surface area contributed by atoms with Crippen LogP contribution in [0.2, 0.25) is 0 Å². The Balaban J connectivity index is 2.63. The van der Waals surface area contributed by atoms with Gasteiger partial charge in [0.05, 0.1) is 11.6 Å². The molecule has 0 saturated carbocycles. The smallest absolute Gasteiger partial charge is 0.128 e. The number of nitrogens with one attached hydrogen (secondary N) is 1. The maximum atomic E-state index is 13.8. The Labute approximate surface area is 95.5 Å². The summed E-state index contributed by atoms with van der Waals surface area (Å²) in [5.41, 5.74) is 2.03. The number of hydrogen-bond acceptors (Lipinski definition) is 2. The summed E-state index contributed by atoms with van der Waals surface area (Å²) in [5, 5.41) is 13.4. The molecule has 88 valence electrons. The van der Waals surface area contributed by atoms with Crippen molar-refractivity contribution in [2.24, 2.45) is 0 Å². The summed E-state index contributed by atoms with van der Waals surface area (Å²) >= 11 is 0. The summed E-state index contributed by atoms with van der Waals surface area (Å²) in [6.07, 6.45) is -0.587. The van der Waals surface area contributed by atoms with Crippen LogP contribution in [0.15, 0.2) is 12.1 Å². The highest BCUT2D eigenvalue weighted by molar-refractivity contribution is 5.63. The van der Waals surface area contributed by atoms with Crippen molar-refractivity contribution in [2.45, 2.75) is 45.3 Å². The summed E-state index contributed by atoms with van der Waals surface area (Å²) in [7, 11) is 0. The molecule has 0 aromatic heterocycles. The second-order valence-corrected chi connectivity index (χ2v) is 5.23. The lowest BCUT2D eigenvalue weighted by Crippen LogP contribution is -2.50. The van der Waals surface area contributed by atoms with Gasteiger partial charge in [0.1, 0.15) is 5.82 Å². The summed E-state index contributed by atoms with van der Waals surface area (Å²) < 4.78 is 13.8. The second-order valence-electron chi connectivity index (χ2n) is 5.23. The molecule has 16 heavy (non-hydrogen) atoms. The van der Waals surface area contributed by atoms with E-state index in [0.29, 0.717) is 5.56 Å². The normalized spacial score (nSPS) is 27.1. The van der Waals surface area contributed by atoms with Crippen molar-refractivity contribution in [1.29, 1.82) is 0 Å². The number of rotatable bonds is 0. The lowest BCUT2D eigenvalue weighted by Gasteiger charge is -2.43. The van der Waals surface area contributed by atoms with Gasteiger partial charge in [-0.1, -0.05) is 13.0 Å². The summed E-state index contributed by atoms with van der Waals surface area (Å²) in [5.74, 6) is -0.429. The molecule has 1 aliphatic heterocycles. The second kappa shape index (κ2) is 3.45. The fourth-order valence-electron chi connectivity index (χ4n) is 2.49. The van der Waals surface area contributed by atoms with Crippen LogP contribution in [0.5, 0.6) is 0 Å². The first-order valence-corrected chi connectivity index (χ1v) is 5.60. The van der Waals surface area contributed by atoms with Crippen molar-refractivity contribution in [1.82, 2.24) is 0 Å². The number of hydrogen-bond donors (Lipinski definition) is 2. The van der Waals surface area contributed by atoms with Crippen molar-refractivity contribution >= 4 is 5.69 Å². The van der Waals surface area contributed by atoms with E-state index in [1.807, 2.05) is 27.7 Å². The number of benzene rings is 1. The van der Waals surface area contributed by atoms with E-state index in [-0.39, 0.29) is 11.7 Å². The van der Waals surface area contributed by atoms with Crippen molar-refractivity contribution in [3.05, 3.63) is 29.1 Å². The number of aliphatic hydroxyl groups excluding tert-OH is 1. The van der Waals surface area contributed by atoms with E-state index in [4.69, 9.17) is 0 Å². The zero-order chi connectivity index (χ0) is 12.1. The van der Waals surface area contributed by atoms with Crippen LogP contribution in [0.1, 0.15) is 37.8 Å². The molecular formula is C13H18FNO. The monoisotopic (exact) mass is 223 g/mol. The van der Waals surface area contributed by atoms with Gasteiger partial charge in [0.25, 0.3) is 0 Å². The fourth-order valence-corrected chi connectivity index (χ4v) is 2.49. The number of aliphatic hydroxyl groups is 1. The van der Waals surface area contributed by atoms with Crippen molar-refractivity contribution in [3.8, 4) is 0 Å². The first-order chi connectivity index (χ1) is 7.34. The van der Waals surface area contributed by atoms with Gasteiger partial charge in [0, 0.05) is 17.2 Å². The molecule has 2 rings (SSSR count). The Morgan fingerprint density at radius 1 is 1.38 bits per heavy atom. The first kappa shape index (κ1) is 11.4. The first-order valence-electron chi connectivity index (χ1n) is 5.60. The van der Waals surface area contributed by atoms with Gasteiger partial charge >= 0.3 is 0 Å². The minimum absolute atomic E-state index is 0.189. The lowest BCUT2D eigenvalue weighted by atomic mass is 9.78. The SMILES string of the molecule is Cc1ccc(F)c2c1NC(C)(C)C(O)C2C. The molecule has 1 aliphatic rings. The highest BCUT2D eigenvalue weighted by atomic mass is 19.1. The van der Waals surface area contributed by atoms with Crippen LogP contribution in [0, 0.1) is 12.7 Å². The predicted molar refractivity (Wildman–Crippen MR) is 63.3 cm³/mol. The van der Waals surface area contributed by atoms with E-state index in [2.05, 4.69) is 5.32 Å².